The summed E-state index contributed by atoms with van der Waals surface area (Å²) < 4.78 is 41.9. The highest BCUT2D eigenvalue weighted by Gasteiger charge is 2.61. The number of pyridine rings is 1. The number of alkyl halides is 3. The zero-order valence-corrected chi connectivity index (χ0v) is 24.0. The van der Waals surface area contributed by atoms with Gasteiger partial charge in [0, 0.05) is 56.4 Å². The average molecular weight is 610 g/mol. The van der Waals surface area contributed by atoms with Crippen molar-refractivity contribution in [1.82, 2.24) is 14.8 Å². The molecule has 7 nitrogen and oxygen atoms in total. The summed E-state index contributed by atoms with van der Waals surface area (Å²) in [7, 11) is 4.50. The Kier molecular flexibility index (Phi) is 10.0. The second kappa shape index (κ2) is 12.5. The first-order valence-corrected chi connectivity index (χ1v) is 13.4. The minimum Gasteiger partial charge on any atom is -0.368 e. The summed E-state index contributed by atoms with van der Waals surface area (Å²) in [6.45, 7) is 1.43. The molecule has 214 valence electrons. The maximum Gasteiger partial charge on any atom is 0.430 e. The molecular weight excluding hydrogens is 580 g/mol. The van der Waals surface area contributed by atoms with Crippen molar-refractivity contribution in [2.75, 3.05) is 45.7 Å². The summed E-state index contributed by atoms with van der Waals surface area (Å²) in [5.74, 6) is -0.747. The molecule has 1 atom stereocenters. The van der Waals surface area contributed by atoms with Crippen LogP contribution >= 0.6 is 34.8 Å². The highest BCUT2D eigenvalue weighted by Crippen LogP contribution is 2.42. The Balaban J connectivity index is 1.56. The van der Waals surface area contributed by atoms with Crippen LogP contribution in [0.3, 0.4) is 0 Å². The second-order valence-corrected chi connectivity index (χ2v) is 11.1. The quantitative estimate of drug-likeness (QED) is 0.392. The Hall–Kier alpha value is -2.27. The van der Waals surface area contributed by atoms with Gasteiger partial charge < -0.3 is 19.8 Å². The molecule has 1 aromatic heterocycles. The van der Waals surface area contributed by atoms with Crippen molar-refractivity contribution < 1.29 is 27.9 Å². The Labute approximate surface area is 240 Å². The number of aliphatic hydroxyl groups is 1. The van der Waals surface area contributed by atoms with Gasteiger partial charge in [-0.15, -0.1) is 0 Å². The molecule has 1 aliphatic rings. The fraction of sp³-hybridized carbons (Fsp3) is 0.500. The lowest BCUT2D eigenvalue weighted by Gasteiger charge is -2.34. The Morgan fingerprint density at radius 2 is 1.64 bits per heavy atom. The van der Waals surface area contributed by atoms with Gasteiger partial charge in [0.05, 0.1) is 5.56 Å². The molecule has 13 heteroatoms. The van der Waals surface area contributed by atoms with E-state index in [1.54, 1.807) is 26.2 Å². The van der Waals surface area contributed by atoms with Crippen LogP contribution in [-0.4, -0.2) is 78.7 Å². The number of anilines is 1. The van der Waals surface area contributed by atoms with Crippen LogP contribution in [0.4, 0.5) is 19.0 Å². The maximum atomic E-state index is 14.0. The van der Waals surface area contributed by atoms with Gasteiger partial charge in [-0.3, -0.25) is 9.59 Å². The van der Waals surface area contributed by atoms with Gasteiger partial charge in [-0.25, -0.2) is 4.98 Å². The molecule has 2 amide bonds. The van der Waals surface area contributed by atoms with Crippen LogP contribution in [0, 0.1) is 5.92 Å². The van der Waals surface area contributed by atoms with E-state index in [9.17, 15) is 27.9 Å². The Morgan fingerprint density at radius 3 is 2.15 bits per heavy atom. The number of benzene rings is 1. The highest BCUT2D eigenvalue weighted by molar-refractivity contribution is 6.34. The third-order valence-corrected chi connectivity index (χ3v) is 7.59. The number of amides is 2. The molecular formula is C26H30Cl3F3N4O3. The van der Waals surface area contributed by atoms with Gasteiger partial charge in [-0.1, -0.05) is 34.8 Å². The number of halogens is 6. The molecule has 2 aromatic rings. The first-order valence-electron chi connectivity index (χ1n) is 12.3. The van der Waals surface area contributed by atoms with Crippen molar-refractivity contribution in [3.63, 3.8) is 0 Å². The summed E-state index contributed by atoms with van der Waals surface area (Å²) in [6.07, 6.45) is -2.48. The smallest absolute Gasteiger partial charge is 0.368 e. The largest absolute Gasteiger partial charge is 0.430 e. The second-order valence-electron chi connectivity index (χ2n) is 9.87. The van der Waals surface area contributed by atoms with Crippen molar-refractivity contribution in [2.45, 2.75) is 37.5 Å². The van der Waals surface area contributed by atoms with E-state index in [-0.39, 0.29) is 27.7 Å². The minimum absolute atomic E-state index is 0.0320. The normalized spacial score (nSPS) is 16.1. The molecule has 1 fully saturated rings. The van der Waals surface area contributed by atoms with Crippen molar-refractivity contribution in [1.29, 1.82) is 0 Å². The van der Waals surface area contributed by atoms with E-state index in [1.165, 1.54) is 18.0 Å². The predicted octanol–water partition coefficient (Wildman–Crippen LogP) is 5.65. The standard InChI is InChI=1S/C26H30Cl3F3N4O3/c1-34(2)23(37)20-6-7-21(33-22(20)29)36-11-8-16(9-12-36)5-4-10-35(3)24(38)25(39,26(30,31)32)17-13-18(27)15-19(28)14-17/h6-7,13-16,39H,4-5,8-12H2,1-3H3/t25-/m1/s1. The van der Waals surface area contributed by atoms with Gasteiger partial charge in [-0.05, 0) is 61.9 Å². The fourth-order valence-electron chi connectivity index (χ4n) is 4.62. The number of likely N-dealkylation sites (N-methyl/N-ethyl adjacent to an activating group) is 1. The van der Waals surface area contributed by atoms with Crippen molar-refractivity contribution in [2.24, 2.45) is 5.92 Å². The van der Waals surface area contributed by atoms with Gasteiger partial charge in [0.1, 0.15) is 11.0 Å². The average Bonchev–Trinajstić information content (AvgIpc) is 2.86. The summed E-state index contributed by atoms with van der Waals surface area (Å²) in [5, 5.41) is 10.5. The first-order chi connectivity index (χ1) is 18.1. The van der Waals surface area contributed by atoms with E-state index in [1.807, 2.05) is 0 Å². The molecule has 0 radical (unpaired) electrons. The lowest BCUT2D eigenvalue weighted by Crippen LogP contribution is -2.55. The number of hydrogen-bond donors (Lipinski definition) is 1. The molecule has 3 rings (SSSR count). The van der Waals surface area contributed by atoms with Gasteiger partial charge >= 0.3 is 6.18 Å². The van der Waals surface area contributed by atoms with Crippen LogP contribution < -0.4 is 4.90 Å². The number of rotatable bonds is 8. The topological polar surface area (TPSA) is 77.0 Å². The van der Waals surface area contributed by atoms with Crippen molar-refractivity contribution >= 4 is 52.4 Å². The zero-order valence-electron chi connectivity index (χ0n) is 21.7. The molecule has 0 unspecified atom stereocenters. The van der Waals surface area contributed by atoms with Crippen molar-refractivity contribution in [3.05, 3.63) is 56.7 Å². The molecule has 0 saturated carbocycles. The number of aromatic nitrogens is 1. The molecule has 1 N–H and O–H groups in total. The van der Waals surface area contributed by atoms with Gasteiger partial charge in [-0.2, -0.15) is 13.2 Å². The van der Waals surface area contributed by atoms with E-state index in [4.69, 9.17) is 34.8 Å². The van der Waals surface area contributed by atoms with Crippen LogP contribution in [0.25, 0.3) is 0 Å². The molecule has 0 bridgehead atoms. The molecule has 39 heavy (non-hydrogen) atoms. The van der Waals surface area contributed by atoms with E-state index in [0.29, 0.717) is 43.2 Å². The predicted molar refractivity (Wildman–Crippen MR) is 145 cm³/mol. The first kappa shape index (κ1) is 31.3. The van der Waals surface area contributed by atoms with E-state index in [0.717, 1.165) is 29.9 Å². The van der Waals surface area contributed by atoms with E-state index < -0.39 is 23.2 Å². The van der Waals surface area contributed by atoms with Crippen molar-refractivity contribution in [3.8, 4) is 0 Å². The summed E-state index contributed by atoms with van der Waals surface area (Å²) in [6, 6.07) is 6.41. The van der Waals surface area contributed by atoms with E-state index >= 15 is 0 Å². The van der Waals surface area contributed by atoms with Crippen LogP contribution in [0.5, 0.6) is 0 Å². The highest BCUT2D eigenvalue weighted by atomic mass is 35.5. The minimum atomic E-state index is -5.28. The Morgan fingerprint density at radius 1 is 1.05 bits per heavy atom. The van der Waals surface area contributed by atoms with Gasteiger partial charge in [0.15, 0.2) is 0 Å². The number of carbonyl (C=O) groups excluding carboxylic acids is 2. The van der Waals surface area contributed by atoms with E-state index in [2.05, 4.69) is 9.88 Å². The number of nitrogens with zero attached hydrogens (tertiary/aromatic N) is 4. The number of piperidine rings is 1. The third kappa shape index (κ3) is 7.09. The van der Waals surface area contributed by atoms with Crippen LogP contribution in [0.15, 0.2) is 30.3 Å². The number of hydrogen-bond acceptors (Lipinski definition) is 5. The van der Waals surface area contributed by atoms with Gasteiger partial charge in [0.25, 0.3) is 17.4 Å². The molecule has 1 saturated heterocycles. The molecule has 1 aliphatic heterocycles. The fourth-order valence-corrected chi connectivity index (χ4v) is 5.37. The Bertz CT molecular complexity index is 1190. The third-order valence-electron chi connectivity index (χ3n) is 6.86. The monoisotopic (exact) mass is 608 g/mol. The molecule has 0 spiro atoms. The lowest BCUT2D eigenvalue weighted by molar-refractivity contribution is -0.261. The molecule has 2 heterocycles. The van der Waals surface area contributed by atoms with Crippen LogP contribution in [-0.2, 0) is 10.4 Å². The SMILES string of the molecule is CN(C)C(=O)c1ccc(N2CCC(CCCN(C)C(=O)[C@](O)(c3cc(Cl)cc(Cl)c3)C(F)(F)F)CC2)nc1Cl. The lowest BCUT2D eigenvalue weighted by atomic mass is 9.90. The maximum absolute atomic E-state index is 14.0. The molecule has 1 aromatic carbocycles. The summed E-state index contributed by atoms with van der Waals surface area (Å²) >= 11 is 17.9. The summed E-state index contributed by atoms with van der Waals surface area (Å²) in [4.78, 5) is 33.8. The number of carbonyl (C=O) groups is 2. The molecule has 0 aliphatic carbocycles. The van der Waals surface area contributed by atoms with Gasteiger partial charge in [0.2, 0.25) is 0 Å². The van der Waals surface area contributed by atoms with Crippen LogP contribution in [0.2, 0.25) is 15.2 Å². The zero-order chi connectivity index (χ0) is 29.1. The van der Waals surface area contributed by atoms with Crippen LogP contribution in [0.1, 0.15) is 41.6 Å². The summed E-state index contributed by atoms with van der Waals surface area (Å²) in [5.41, 5.74) is -4.18.